The predicted molar refractivity (Wildman–Crippen MR) is 73.6 cm³/mol. The van der Waals surface area contributed by atoms with E-state index < -0.39 is 6.04 Å². The number of aromatic nitrogens is 2. The van der Waals surface area contributed by atoms with Crippen molar-refractivity contribution in [3.05, 3.63) is 6.33 Å². The molecule has 1 atom stereocenters. The highest BCUT2D eigenvalue weighted by atomic mass is 16.5. The van der Waals surface area contributed by atoms with Crippen molar-refractivity contribution in [2.45, 2.75) is 13.0 Å². The van der Waals surface area contributed by atoms with Crippen molar-refractivity contribution in [2.24, 2.45) is 0 Å². The smallest absolute Gasteiger partial charge is 0.245 e. The molecule has 2 heterocycles. The first kappa shape index (κ1) is 14.3. The van der Waals surface area contributed by atoms with E-state index >= 15 is 0 Å². The zero-order chi connectivity index (χ0) is 14.5. The molecule has 0 aromatic carbocycles. The number of nitrogens with two attached hydrogens (primary N) is 1. The number of hydrogen-bond acceptors (Lipinski definition) is 7. The molecule has 8 heteroatoms. The number of nitrogens with one attached hydrogen (secondary N) is 1. The van der Waals surface area contributed by atoms with Crippen LogP contribution in [-0.2, 0) is 9.53 Å². The second-order valence-electron chi connectivity index (χ2n) is 4.29. The minimum Gasteiger partial charge on any atom is -0.490 e. The van der Waals surface area contributed by atoms with Gasteiger partial charge in [0.05, 0.1) is 20.3 Å². The molecule has 0 saturated carbocycles. The van der Waals surface area contributed by atoms with Gasteiger partial charge >= 0.3 is 0 Å². The van der Waals surface area contributed by atoms with Gasteiger partial charge in [0.1, 0.15) is 12.4 Å². The van der Waals surface area contributed by atoms with E-state index in [1.165, 1.54) is 13.4 Å². The molecule has 1 unspecified atom stereocenters. The van der Waals surface area contributed by atoms with Gasteiger partial charge in [-0.25, -0.2) is 9.97 Å². The largest absolute Gasteiger partial charge is 0.490 e. The van der Waals surface area contributed by atoms with Gasteiger partial charge in [0, 0.05) is 13.1 Å². The van der Waals surface area contributed by atoms with Crippen molar-refractivity contribution in [1.82, 2.24) is 15.3 Å². The van der Waals surface area contributed by atoms with Gasteiger partial charge in [-0.3, -0.25) is 4.79 Å². The highest BCUT2D eigenvalue weighted by Gasteiger charge is 2.32. The van der Waals surface area contributed by atoms with Crippen LogP contribution in [0.15, 0.2) is 6.33 Å². The number of amides is 1. The molecule has 0 spiro atoms. The summed E-state index contributed by atoms with van der Waals surface area (Å²) in [7, 11) is 1.50. The van der Waals surface area contributed by atoms with E-state index in [0.29, 0.717) is 37.9 Å². The maximum Gasteiger partial charge on any atom is 0.245 e. The molecule has 2 rings (SSSR count). The molecule has 1 saturated heterocycles. The summed E-state index contributed by atoms with van der Waals surface area (Å²) in [5.41, 5.74) is 5.78. The number of carbonyl (C=O) groups is 1. The van der Waals surface area contributed by atoms with Gasteiger partial charge in [-0.1, -0.05) is 0 Å². The summed E-state index contributed by atoms with van der Waals surface area (Å²) in [5, 5.41) is 2.79. The van der Waals surface area contributed by atoms with E-state index in [-0.39, 0.29) is 11.7 Å². The van der Waals surface area contributed by atoms with Gasteiger partial charge in [0.15, 0.2) is 11.6 Å². The summed E-state index contributed by atoms with van der Waals surface area (Å²) < 4.78 is 10.6. The summed E-state index contributed by atoms with van der Waals surface area (Å²) in [6.45, 7) is 3.79. The van der Waals surface area contributed by atoms with Crippen molar-refractivity contribution < 1.29 is 14.3 Å². The molecule has 3 N–H and O–H groups in total. The average molecular weight is 281 g/mol. The van der Waals surface area contributed by atoms with Crippen LogP contribution >= 0.6 is 0 Å². The van der Waals surface area contributed by atoms with Crippen LogP contribution in [-0.4, -0.2) is 55.3 Å². The van der Waals surface area contributed by atoms with Gasteiger partial charge in [-0.05, 0) is 6.92 Å². The third-order valence-corrected chi connectivity index (χ3v) is 3.07. The van der Waals surface area contributed by atoms with Gasteiger partial charge in [-0.2, -0.15) is 0 Å². The number of methoxy groups -OCH3 is 1. The minimum atomic E-state index is -0.452. The Kier molecular flexibility index (Phi) is 4.57. The van der Waals surface area contributed by atoms with Gasteiger partial charge in [0.2, 0.25) is 11.7 Å². The zero-order valence-corrected chi connectivity index (χ0v) is 11.6. The third-order valence-electron chi connectivity index (χ3n) is 3.07. The van der Waals surface area contributed by atoms with Gasteiger partial charge in [-0.15, -0.1) is 0 Å². The summed E-state index contributed by atoms with van der Waals surface area (Å²) in [4.78, 5) is 22.1. The molecule has 0 bridgehead atoms. The maximum atomic E-state index is 12.1. The monoisotopic (exact) mass is 281 g/mol. The Balaban J connectivity index is 2.32. The standard InChI is InChI=1S/C12H19N5O3/c1-3-14-12(18)8-6-20-5-4-17(8)11-9(19-2)10(13)15-7-16-11/h7-8H,3-6H2,1-2H3,(H,14,18)(H2,13,15,16). The van der Waals surface area contributed by atoms with Crippen LogP contribution in [0.2, 0.25) is 0 Å². The molecule has 8 nitrogen and oxygen atoms in total. The number of ether oxygens (including phenoxy) is 2. The Hall–Kier alpha value is -2.09. The lowest BCUT2D eigenvalue weighted by molar-refractivity contribution is -0.124. The molecular formula is C12H19N5O3. The van der Waals surface area contributed by atoms with Crippen LogP contribution in [0.25, 0.3) is 0 Å². The normalized spacial score (nSPS) is 18.7. The predicted octanol–water partition coefficient (Wildman–Crippen LogP) is -0.591. The Morgan fingerprint density at radius 3 is 3.15 bits per heavy atom. The number of anilines is 2. The number of nitrogens with zero attached hydrogens (tertiary/aromatic N) is 3. The number of carbonyl (C=O) groups excluding carboxylic acids is 1. The fourth-order valence-corrected chi connectivity index (χ4v) is 2.14. The summed E-state index contributed by atoms with van der Waals surface area (Å²) in [6.07, 6.45) is 1.36. The van der Waals surface area contributed by atoms with Crippen molar-refractivity contribution in [3.8, 4) is 5.75 Å². The first-order valence-electron chi connectivity index (χ1n) is 6.45. The van der Waals surface area contributed by atoms with Crippen molar-refractivity contribution in [1.29, 1.82) is 0 Å². The number of rotatable bonds is 4. The van der Waals surface area contributed by atoms with E-state index in [4.69, 9.17) is 15.2 Å². The lowest BCUT2D eigenvalue weighted by Crippen LogP contribution is -2.54. The molecule has 1 aromatic heterocycles. The second kappa shape index (κ2) is 6.38. The Morgan fingerprint density at radius 1 is 1.65 bits per heavy atom. The van der Waals surface area contributed by atoms with E-state index in [0.717, 1.165) is 0 Å². The topological polar surface area (TPSA) is 103 Å². The lowest BCUT2D eigenvalue weighted by atomic mass is 10.2. The minimum absolute atomic E-state index is 0.105. The highest BCUT2D eigenvalue weighted by Crippen LogP contribution is 2.31. The zero-order valence-electron chi connectivity index (χ0n) is 11.6. The maximum absolute atomic E-state index is 12.1. The first-order valence-corrected chi connectivity index (χ1v) is 6.45. The molecule has 1 aliphatic rings. The second-order valence-corrected chi connectivity index (χ2v) is 4.29. The molecular weight excluding hydrogens is 262 g/mol. The SMILES string of the molecule is CCNC(=O)C1COCCN1c1ncnc(N)c1OC. The Bertz CT molecular complexity index is 482. The number of likely N-dealkylation sites (N-methyl/N-ethyl adjacent to an activating group) is 1. The molecule has 1 fully saturated rings. The number of hydrogen-bond donors (Lipinski definition) is 2. The summed E-state index contributed by atoms with van der Waals surface area (Å²) >= 11 is 0. The van der Waals surface area contributed by atoms with E-state index in [9.17, 15) is 4.79 Å². The molecule has 0 aliphatic carbocycles. The lowest BCUT2D eigenvalue weighted by Gasteiger charge is -2.35. The van der Waals surface area contributed by atoms with Crippen LogP contribution in [0.4, 0.5) is 11.6 Å². The number of nitrogen functional groups attached to an aromatic ring is 1. The quantitative estimate of drug-likeness (QED) is 0.760. The summed E-state index contributed by atoms with van der Waals surface area (Å²) in [5.74, 6) is 1.04. The van der Waals surface area contributed by atoms with Crippen LogP contribution in [0.3, 0.4) is 0 Å². The molecule has 110 valence electrons. The molecule has 1 aromatic rings. The van der Waals surface area contributed by atoms with Crippen LogP contribution in [0, 0.1) is 0 Å². The Morgan fingerprint density at radius 2 is 2.45 bits per heavy atom. The van der Waals surface area contributed by atoms with Crippen LogP contribution in [0.5, 0.6) is 5.75 Å². The molecule has 20 heavy (non-hydrogen) atoms. The fraction of sp³-hybridized carbons (Fsp3) is 0.583. The fourth-order valence-electron chi connectivity index (χ4n) is 2.14. The van der Waals surface area contributed by atoms with Crippen LogP contribution < -0.4 is 20.7 Å². The van der Waals surface area contributed by atoms with Gasteiger partial charge < -0.3 is 25.4 Å². The van der Waals surface area contributed by atoms with Crippen molar-refractivity contribution in [3.63, 3.8) is 0 Å². The molecule has 1 amide bonds. The molecule has 1 aliphatic heterocycles. The average Bonchev–Trinajstić information content (AvgIpc) is 2.47. The van der Waals surface area contributed by atoms with E-state index in [2.05, 4.69) is 15.3 Å². The highest BCUT2D eigenvalue weighted by molar-refractivity contribution is 5.86. The van der Waals surface area contributed by atoms with Crippen molar-refractivity contribution in [2.75, 3.05) is 44.0 Å². The van der Waals surface area contributed by atoms with Gasteiger partial charge in [0.25, 0.3) is 0 Å². The van der Waals surface area contributed by atoms with Crippen molar-refractivity contribution >= 4 is 17.5 Å². The third kappa shape index (κ3) is 2.74. The van der Waals surface area contributed by atoms with Crippen LogP contribution in [0.1, 0.15) is 6.92 Å². The van der Waals surface area contributed by atoms with E-state index in [1.54, 1.807) is 0 Å². The molecule has 0 radical (unpaired) electrons. The van der Waals surface area contributed by atoms with E-state index in [1.807, 2.05) is 11.8 Å². The first-order chi connectivity index (χ1) is 9.69. The Labute approximate surface area is 117 Å². The number of morpholine rings is 1. The summed E-state index contributed by atoms with van der Waals surface area (Å²) in [6, 6.07) is -0.452.